The van der Waals surface area contributed by atoms with Crippen LogP contribution in [0.25, 0.3) is 15.9 Å². The zero-order valence-corrected chi connectivity index (χ0v) is 16.7. The average Bonchev–Trinajstić information content (AvgIpc) is 3.38. The van der Waals surface area contributed by atoms with Crippen LogP contribution in [0.3, 0.4) is 0 Å². The summed E-state index contributed by atoms with van der Waals surface area (Å²) in [7, 11) is 2.24. The van der Waals surface area contributed by atoms with Crippen LogP contribution in [0, 0.1) is 0 Å². The topological polar surface area (TPSA) is 69.1 Å². The second-order valence-corrected chi connectivity index (χ2v) is 8.82. The summed E-state index contributed by atoms with van der Waals surface area (Å²) in [5, 5.41) is 11.9. The van der Waals surface area contributed by atoms with E-state index in [4.69, 9.17) is 9.82 Å². The number of hydrogen-bond acceptors (Lipinski definition) is 7. The van der Waals surface area contributed by atoms with Gasteiger partial charge in [0.25, 0.3) is 0 Å². The molecule has 0 fully saturated rings. The Morgan fingerprint density at radius 1 is 1.44 bits per heavy atom. The fourth-order valence-corrected chi connectivity index (χ4v) is 5.39. The van der Waals surface area contributed by atoms with Crippen molar-refractivity contribution in [3.05, 3.63) is 45.0 Å². The molecule has 0 aliphatic carbocycles. The predicted octanol–water partition coefficient (Wildman–Crippen LogP) is 1.91. The Morgan fingerprint density at radius 3 is 3.22 bits per heavy atom. The molecule has 4 aromatic rings. The summed E-state index contributed by atoms with van der Waals surface area (Å²) < 4.78 is 1.76. The lowest BCUT2D eigenvalue weighted by molar-refractivity contribution is -0.895. The highest BCUT2D eigenvalue weighted by Crippen LogP contribution is 2.33. The summed E-state index contributed by atoms with van der Waals surface area (Å²) >= 11 is 3.42. The van der Waals surface area contributed by atoms with Crippen molar-refractivity contribution in [1.29, 1.82) is 0 Å². The highest BCUT2D eigenvalue weighted by Gasteiger charge is 2.24. The lowest BCUT2D eigenvalue weighted by Crippen LogP contribution is -3.08. The molecule has 4 aromatic heterocycles. The molecular weight excluding hydrogens is 380 g/mol. The Labute approximate surface area is 163 Å². The molecular formula is C18H19N6OS2+. The second kappa shape index (κ2) is 6.66. The lowest BCUT2D eigenvalue weighted by atomic mass is 10.1. The molecule has 9 heteroatoms. The molecule has 0 amide bonds. The summed E-state index contributed by atoms with van der Waals surface area (Å²) in [6.07, 6.45) is 2.80. The van der Waals surface area contributed by atoms with Crippen LogP contribution in [0.2, 0.25) is 0 Å². The maximum atomic E-state index is 5.49. The monoisotopic (exact) mass is 399 g/mol. The third kappa shape index (κ3) is 3.01. The van der Waals surface area contributed by atoms with Gasteiger partial charge in [-0.2, -0.15) is 0 Å². The van der Waals surface area contributed by atoms with E-state index in [-0.39, 0.29) is 6.61 Å². The van der Waals surface area contributed by atoms with Gasteiger partial charge in [-0.15, -0.1) is 27.8 Å². The van der Waals surface area contributed by atoms with E-state index in [1.807, 2.05) is 24.4 Å². The molecule has 138 valence electrons. The molecule has 0 saturated heterocycles. The largest absolute Gasteiger partial charge is 0.387 e. The molecule has 5 rings (SSSR count). The van der Waals surface area contributed by atoms with Crippen LogP contribution >= 0.6 is 22.7 Å². The highest BCUT2D eigenvalue weighted by molar-refractivity contribution is 7.19. The number of likely N-dealkylation sites (N-methyl/N-ethyl adjacent to an activating group) is 1. The number of oxime groups is 1. The molecule has 5 heterocycles. The summed E-state index contributed by atoms with van der Waals surface area (Å²) in [4.78, 5) is 19.9. The molecule has 0 radical (unpaired) electrons. The Morgan fingerprint density at radius 2 is 2.37 bits per heavy atom. The van der Waals surface area contributed by atoms with Gasteiger partial charge in [0.05, 0.1) is 34.4 Å². The predicted molar refractivity (Wildman–Crippen MR) is 107 cm³/mol. The standard InChI is InChI=1S/C18H18N6OS2/c1-11(13-4-3-7-26-13)22-25-9-15-20-17-16-12-5-6-23(2)8-14(12)27-18(16)19-10-24(17)21-15/h3-4,7,10H,5-6,8-9H2,1-2H3/p+1/b22-11+. The number of thiophene rings is 2. The van der Waals surface area contributed by atoms with Gasteiger partial charge in [0, 0.05) is 6.42 Å². The van der Waals surface area contributed by atoms with Crippen molar-refractivity contribution in [2.75, 3.05) is 13.6 Å². The minimum absolute atomic E-state index is 0.241. The Bertz CT molecular complexity index is 1140. The molecule has 0 bridgehead atoms. The lowest BCUT2D eigenvalue weighted by Gasteiger charge is -2.19. The van der Waals surface area contributed by atoms with E-state index in [1.165, 1.54) is 10.4 Å². The molecule has 1 aliphatic rings. The van der Waals surface area contributed by atoms with Gasteiger partial charge in [0.1, 0.15) is 17.7 Å². The Balaban J connectivity index is 1.45. The van der Waals surface area contributed by atoms with Crippen molar-refractivity contribution in [1.82, 2.24) is 19.6 Å². The first-order valence-corrected chi connectivity index (χ1v) is 10.5. The number of nitrogens with zero attached hydrogens (tertiary/aromatic N) is 5. The maximum absolute atomic E-state index is 5.49. The van der Waals surface area contributed by atoms with Crippen molar-refractivity contribution < 1.29 is 9.74 Å². The van der Waals surface area contributed by atoms with E-state index >= 15 is 0 Å². The van der Waals surface area contributed by atoms with E-state index in [9.17, 15) is 0 Å². The third-order valence-electron chi connectivity index (χ3n) is 4.79. The molecule has 1 aliphatic heterocycles. The molecule has 1 unspecified atom stereocenters. The summed E-state index contributed by atoms with van der Waals surface area (Å²) in [6, 6.07) is 4.03. The van der Waals surface area contributed by atoms with Crippen LogP contribution in [-0.4, -0.2) is 38.9 Å². The van der Waals surface area contributed by atoms with Crippen molar-refractivity contribution in [3.63, 3.8) is 0 Å². The molecule has 27 heavy (non-hydrogen) atoms. The Hall–Kier alpha value is -2.36. The highest BCUT2D eigenvalue weighted by atomic mass is 32.1. The first-order chi connectivity index (χ1) is 13.2. The maximum Gasteiger partial charge on any atom is 0.192 e. The van der Waals surface area contributed by atoms with E-state index < -0.39 is 0 Å². The van der Waals surface area contributed by atoms with Gasteiger partial charge in [0.2, 0.25) is 0 Å². The zero-order chi connectivity index (χ0) is 18.4. The van der Waals surface area contributed by atoms with Crippen molar-refractivity contribution >= 4 is 44.2 Å². The van der Waals surface area contributed by atoms with Crippen molar-refractivity contribution in [2.45, 2.75) is 26.5 Å². The summed E-state index contributed by atoms with van der Waals surface area (Å²) in [5.41, 5.74) is 3.12. The van der Waals surface area contributed by atoms with Crippen LogP contribution in [0.1, 0.15) is 28.1 Å². The van der Waals surface area contributed by atoms with E-state index in [1.54, 1.807) is 38.4 Å². The summed E-state index contributed by atoms with van der Waals surface area (Å²) in [6.45, 7) is 4.38. The third-order valence-corrected chi connectivity index (χ3v) is 6.91. The SMILES string of the molecule is C/C(=N\OCc1nc2c3c4c(sc3ncn2n1)C[NH+](C)CC4)c1cccs1. The van der Waals surface area contributed by atoms with Crippen LogP contribution in [0.15, 0.2) is 29.0 Å². The minimum atomic E-state index is 0.241. The number of nitrogens with one attached hydrogen (secondary N) is 1. The van der Waals surface area contributed by atoms with E-state index in [0.29, 0.717) is 5.82 Å². The van der Waals surface area contributed by atoms with Gasteiger partial charge in [-0.05, 0) is 23.9 Å². The first-order valence-electron chi connectivity index (χ1n) is 8.85. The summed E-state index contributed by atoms with van der Waals surface area (Å²) in [5.74, 6) is 0.616. The molecule has 1 N–H and O–H groups in total. The Kier molecular flexibility index (Phi) is 4.14. The van der Waals surface area contributed by atoms with Crippen LogP contribution in [-0.2, 0) is 24.4 Å². The number of hydrogen-bond donors (Lipinski definition) is 1. The van der Waals surface area contributed by atoms with Crippen molar-refractivity contribution in [2.24, 2.45) is 5.16 Å². The first kappa shape index (κ1) is 16.8. The second-order valence-electron chi connectivity index (χ2n) is 6.79. The fourth-order valence-electron chi connectivity index (χ4n) is 3.43. The van der Waals surface area contributed by atoms with Crippen LogP contribution < -0.4 is 4.90 Å². The van der Waals surface area contributed by atoms with Gasteiger partial charge in [-0.1, -0.05) is 11.2 Å². The molecule has 1 atom stereocenters. The van der Waals surface area contributed by atoms with E-state index in [0.717, 1.165) is 46.0 Å². The minimum Gasteiger partial charge on any atom is -0.387 e. The quantitative estimate of drug-likeness (QED) is 0.420. The average molecular weight is 400 g/mol. The molecule has 7 nitrogen and oxygen atoms in total. The van der Waals surface area contributed by atoms with Crippen molar-refractivity contribution in [3.8, 4) is 0 Å². The number of aromatic nitrogens is 4. The van der Waals surface area contributed by atoms with Crippen LogP contribution in [0.5, 0.6) is 0 Å². The fraction of sp³-hybridized carbons (Fsp3) is 0.333. The normalized spacial score (nSPS) is 17.6. The van der Waals surface area contributed by atoms with Crippen LogP contribution in [0.4, 0.5) is 0 Å². The number of quaternary nitrogens is 1. The number of fused-ring (bicyclic) bond motifs is 5. The van der Waals surface area contributed by atoms with E-state index in [2.05, 4.69) is 22.3 Å². The van der Waals surface area contributed by atoms with Gasteiger partial charge >= 0.3 is 0 Å². The molecule has 0 saturated carbocycles. The van der Waals surface area contributed by atoms with Gasteiger partial charge < -0.3 is 9.74 Å². The molecule has 0 spiro atoms. The zero-order valence-electron chi connectivity index (χ0n) is 15.1. The van der Waals surface area contributed by atoms with Gasteiger partial charge in [0.15, 0.2) is 18.1 Å². The number of rotatable bonds is 4. The smallest absolute Gasteiger partial charge is 0.192 e. The van der Waals surface area contributed by atoms with Gasteiger partial charge in [-0.25, -0.2) is 14.5 Å². The molecule has 0 aromatic carbocycles. The van der Waals surface area contributed by atoms with Gasteiger partial charge in [-0.3, -0.25) is 0 Å².